The van der Waals surface area contributed by atoms with Gasteiger partial charge in [0.05, 0.1) is 24.8 Å². The Balaban J connectivity index is 4.39. The number of ether oxygens (including phenoxy) is 1. The molecule has 0 spiro atoms. The van der Waals surface area contributed by atoms with Gasteiger partial charge in [-0.15, -0.1) is 0 Å². The zero-order valence-electron chi connectivity index (χ0n) is 58.5. The van der Waals surface area contributed by atoms with Crippen molar-refractivity contribution in [3.05, 3.63) is 12.2 Å². The van der Waals surface area contributed by atoms with Crippen molar-refractivity contribution in [2.45, 2.75) is 235 Å². The van der Waals surface area contributed by atoms with E-state index in [4.69, 9.17) is 10.00 Å². The van der Waals surface area contributed by atoms with Crippen molar-refractivity contribution < 1.29 is 62.6 Å². The molecule has 1 saturated heterocycles. The number of nitrogens with one attached hydrogen (secondary N) is 4. The number of carbonyl (C=O) groups is 11. The summed E-state index contributed by atoms with van der Waals surface area (Å²) in [5.74, 6) is -10.3. The Labute approximate surface area is 537 Å². The van der Waals surface area contributed by atoms with Crippen LogP contribution < -0.4 is 21.3 Å². The van der Waals surface area contributed by atoms with E-state index in [0.717, 1.165) is 14.7 Å². The standard InChI is InChI=1S/C65H114N12O13/c1-24-26-30-42(13)55(79)54-59(83)69-46(25-2)61(85)71(17)36-50(78)75(21)53(45(16)90-32-29-27-28-31-66)58(82)70-51(40(9)10)64(88)72(18)47(33-37(3)4)57(81)67-43(14)56(80)68-44(15)60(84)73(19)48(34-38(5)6)62(86)74(20)49(35-39(7)8)63(87)76(22)52(41(11)12)65(89)77(54)23/h24,26,37-49,51-55,79H,25,27-30,32-36H2,1-23H3,(H,67,81)(H,68,80)(H,69,83)(H,70,82)/b26-24+/t42-,43+,44-,45-,46+,47?,48+,49+,51+,52+,53+,54+,55-/m1/s1. The molecular formula is C65H114N12O13. The molecule has 1 rings (SSSR count). The summed E-state index contributed by atoms with van der Waals surface area (Å²) in [6, 6.07) is -10.9. The van der Waals surface area contributed by atoms with Gasteiger partial charge in [-0.05, 0) is 108 Å². The number of allylic oxidation sites excluding steroid dienone is 2. The number of hydrogen-bond donors (Lipinski definition) is 5. The summed E-state index contributed by atoms with van der Waals surface area (Å²) >= 11 is 0. The van der Waals surface area contributed by atoms with Crippen LogP contribution in [0.4, 0.5) is 0 Å². The first-order valence-electron chi connectivity index (χ1n) is 32.1. The number of unbranched alkanes of at least 4 members (excludes halogenated alkanes) is 2. The summed E-state index contributed by atoms with van der Waals surface area (Å²) in [5.41, 5.74) is 0. The number of hydrogen-bond acceptors (Lipinski definition) is 14. The molecule has 5 N–H and O–H groups in total. The SMILES string of the molecule is C/C=C/C[C@@H](C)[C@@H](O)[C@H]1C(=O)N[C@@H](CC)C(=O)N(C)CC(=O)N(C)[C@@H]([C@@H](C)OCCCCC#N)C(=O)N[C@@H](C(C)C)C(=O)N(C)C(CC(C)C)C(=O)N[C@@H](C)C(=O)N[C@H](C)C(=O)N(C)[C@@H](CC(C)C)C(=O)N(C)[C@@H](CC(C)C)C(=O)N(C)[C@@H](C(C)C)C(=O)N1C. The third-order valence-corrected chi connectivity index (χ3v) is 16.8. The molecule has 0 bridgehead atoms. The molecule has 0 aromatic carbocycles. The minimum atomic E-state index is -1.64. The summed E-state index contributed by atoms with van der Waals surface area (Å²) < 4.78 is 6.11. The molecule has 1 unspecified atom stereocenters. The van der Waals surface area contributed by atoms with Gasteiger partial charge in [-0.25, -0.2) is 0 Å². The van der Waals surface area contributed by atoms with Gasteiger partial charge in [0.1, 0.15) is 60.4 Å². The second-order valence-corrected chi connectivity index (χ2v) is 26.6. The van der Waals surface area contributed by atoms with Crippen LogP contribution in [-0.2, 0) is 57.5 Å². The van der Waals surface area contributed by atoms with E-state index in [0.29, 0.717) is 19.3 Å². The topological polar surface area (TPSA) is 312 Å². The summed E-state index contributed by atoms with van der Waals surface area (Å²) in [7, 11) is 9.73. The van der Waals surface area contributed by atoms with Gasteiger partial charge < -0.3 is 65.4 Å². The van der Waals surface area contributed by atoms with Gasteiger partial charge >= 0.3 is 0 Å². The highest BCUT2D eigenvalue weighted by molar-refractivity contribution is 5.99. The van der Waals surface area contributed by atoms with Gasteiger partial charge in [0, 0.05) is 62.4 Å². The Morgan fingerprint density at radius 2 is 1.02 bits per heavy atom. The minimum Gasteiger partial charge on any atom is -0.390 e. The fourth-order valence-corrected chi connectivity index (χ4v) is 11.1. The molecule has 0 aromatic heterocycles. The van der Waals surface area contributed by atoms with E-state index in [1.54, 1.807) is 67.5 Å². The van der Waals surface area contributed by atoms with Crippen molar-refractivity contribution in [2.24, 2.45) is 35.5 Å². The number of rotatable bonds is 19. The number of aliphatic hydroxyl groups excluding tert-OH is 1. The average Bonchev–Trinajstić information content (AvgIpc) is 0.863. The maximum atomic E-state index is 15.2. The molecule has 1 aliphatic rings. The summed E-state index contributed by atoms with van der Waals surface area (Å²) in [6.07, 6.45) is 2.89. The zero-order valence-corrected chi connectivity index (χ0v) is 58.5. The third-order valence-electron chi connectivity index (χ3n) is 16.8. The van der Waals surface area contributed by atoms with Crippen LogP contribution in [0.5, 0.6) is 0 Å². The lowest BCUT2D eigenvalue weighted by molar-refractivity contribution is -0.157. The number of nitriles is 1. The smallest absolute Gasteiger partial charge is 0.246 e. The summed E-state index contributed by atoms with van der Waals surface area (Å²) in [5, 5.41) is 32.2. The molecule has 90 heavy (non-hydrogen) atoms. The Hall–Kier alpha value is -6.68. The van der Waals surface area contributed by atoms with Crippen LogP contribution in [0.1, 0.15) is 162 Å². The lowest BCUT2D eigenvalue weighted by Gasteiger charge is -2.41. The number of likely N-dealkylation sites (N-methyl/N-ethyl adjacent to an activating group) is 7. The summed E-state index contributed by atoms with van der Waals surface area (Å²) in [4.78, 5) is 170. The molecule has 0 radical (unpaired) electrons. The molecule has 1 aliphatic heterocycles. The van der Waals surface area contributed by atoms with Crippen molar-refractivity contribution in [3.63, 3.8) is 0 Å². The van der Waals surface area contributed by atoms with Gasteiger partial charge in [0.25, 0.3) is 0 Å². The van der Waals surface area contributed by atoms with Gasteiger partial charge in [0.2, 0.25) is 65.0 Å². The molecule has 512 valence electrons. The Morgan fingerprint density at radius 3 is 1.51 bits per heavy atom. The molecule has 0 aromatic rings. The van der Waals surface area contributed by atoms with Crippen LogP contribution in [0.15, 0.2) is 12.2 Å². The normalized spacial score (nSPS) is 26.3. The molecular weight excluding hydrogens is 1160 g/mol. The van der Waals surface area contributed by atoms with E-state index >= 15 is 9.59 Å². The predicted molar refractivity (Wildman–Crippen MR) is 344 cm³/mol. The maximum Gasteiger partial charge on any atom is 0.246 e. The van der Waals surface area contributed by atoms with E-state index in [1.807, 2.05) is 41.5 Å². The largest absolute Gasteiger partial charge is 0.390 e. The van der Waals surface area contributed by atoms with Crippen LogP contribution >= 0.6 is 0 Å². The van der Waals surface area contributed by atoms with Crippen molar-refractivity contribution in [3.8, 4) is 6.07 Å². The lowest BCUT2D eigenvalue weighted by Crippen LogP contribution is -2.63. The summed E-state index contributed by atoms with van der Waals surface area (Å²) in [6.45, 7) is 27.0. The fraction of sp³-hybridized carbons (Fsp3) is 0.785. The first-order chi connectivity index (χ1) is 41.8. The molecule has 1 fully saturated rings. The van der Waals surface area contributed by atoms with Crippen LogP contribution in [0, 0.1) is 46.8 Å². The molecule has 13 atom stereocenters. The van der Waals surface area contributed by atoms with Gasteiger partial charge in [-0.1, -0.05) is 95.2 Å². The Morgan fingerprint density at radius 1 is 0.544 bits per heavy atom. The fourth-order valence-electron chi connectivity index (χ4n) is 11.1. The second-order valence-electron chi connectivity index (χ2n) is 26.6. The quantitative estimate of drug-likeness (QED) is 0.0916. The van der Waals surface area contributed by atoms with E-state index in [9.17, 15) is 48.3 Å². The van der Waals surface area contributed by atoms with Crippen molar-refractivity contribution in [1.82, 2.24) is 55.6 Å². The van der Waals surface area contributed by atoms with Gasteiger partial charge in [-0.2, -0.15) is 5.26 Å². The highest BCUT2D eigenvalue weighted by atomic mass is 16.5. The van der Waals surface area contributed by atoms with Crippen LogP contribution in [0.3, 0.4) is 0 Å². The zero-order chi connectivity index (χ0) is 69.5. The minimum absolute atomic E-state index is 0.0155. The monoisotopic (exact) mass is 1270 g/mol. The van der Waals surface area contributed by atoms with Crippen molar-refractivity contribution in [2.75, 3.05) is 62.5 Å². The van der Waals surface area contributed by atoms with Crippen molar-refractivity contribution >= 4 is 65.0 Å². The molecule has 11 amide bonds. The Kier molecular flexibility index (Phi) is 34.6. The number of nitrogens with zero attached hydrogens (tertiary/aromatic N) is 8. The molecule has 25 nitrogen and oxygen atoms in total. The average molecular weight is 1270 g/mol. The van der Waals surface area contributed by atoms with E-state index in [1.165, 1.54) is 82.8 Å². The van der Waals surface area contributed by atoms with Gasteiger partial charge in [0.15, 0.2) is 0 Å². The van der Waals surface area contributed by atoms with E-state index in [2.05, 4.69) is 27.3 Å². The van der Waals surface area contributed by atoms with Crippen molar-refractivity contribution in [1.29, 1.82) is 5.26 Å². The second kappa shape index (κ2) is 38.2. The van der Waals surface area contributed by atoms with E-state index in [-0.39, 0.29) is 56.5 Å². The maximum absolute atomic E-state index is 15.2. The van der Waals surface area contributed by atoms with E-state index < -0.39 is 162 Å². The van der Waals surface area contributed by atoms with Crippen LogP contribution in [0.25, 0.3) is 0 Å². The first-order valence-corrected chi connectivity index (χ1v) is 32.1. The molecule has 1 heterocycles. The lowest BCUT2D eigenvalue weighted by atomic mass is 9.91. The molecule has 25 heteroatoms. The molecule has 0 aliphatic carbocycles. The number of carbonyl (C=O) groups excluding carboxylic acids is 11. The highest BCUT2D eigenvalue weighted by Gasteiger charge is 2.46. The Bertz CT molecular complexity index is 2500. The third kappa shape index (κ3) is 23.2. The van der Waals surface area contributed by atoms with Crippen LogP contribution in [0.2, 0.25) is 0 Å². The number of amides is 11. The van der Waals surface area contributed by atoms with Crippen LogP contribution in [-0.4, -0.2) is 239 Å². The predicted octanol–water partition coefficient (Wildman–Crippen LogP) is 3.32. The molecule has 0 saturated carbocycles. The highest BCUT2D eigenvalue weighted by Crippen LogP contribution is 2.26. The van der Waals surface area contributed by atoms with Gasteiger partial charge in [-0.3, -0.25) is 52.7 Å². The first kappa shape index (κ1) is 81.3. The number of aliphatic hydroxyl groups is 1.